The highest BCUT2D eigenvalue weighted by Crippen LogP contribution is 2.33. The van der Waals surface area contributed by atoms with E-state index in [9.17, 15) is 9.90 Å². The molecule has 176 valence electrons. The van der Waals surface area contributed by atoms with Gasteiger partial charge in [0.2, 0.25) is 4.80 Å². The van der Waals surface area contributed by atoms with Crippen LogP contribution >= 0.6 is 11.3 Å². The summed E-state index contributed by atoms with van der Waals surface area (Å²) >= 11 is 1.44. The number of phenols is 1. The molecule has 0 spiro atoms. The number of rotatable bonds is 8. The molecule has 4 rings (SSSR count). The van der Waals surface area contributed by atoms with E-state index in [4.69, 9.17) is 9.47 Å². The van der Waals surface area contributed by atoms with E-state index in [2.05, 4.69) is 22.0 Å². The number of hydrogen-bond donors (Lipinski definition) is 2. The Hall–Kier alpha value is -3.85. The summed E-state index contributed by atoms with van der Waals surface area (Å²) in [6.07, 6.45) is 2.47. The largest absolute Gasteiger partial charge is 0.507 e. The van der Waals surface area contributed by atoms with Gasteiger partial charge in [-0.15, -0.1) is 11.3 Å². The van der Waals surface area contributed by atoms with E-state index in [1.807, 2.05) is 37.4 Å². The van der Waals surface area contributed by atoms with Crippen molar-refractivity contribution in [2.75, 3.05) is 25.1 Å². The average molecular weight is 479 g/mol. The van der Waals surface area contributed by atoms with Crippen LogP contribution in [0.25, 0.3) is 11.3 Å². The number of benzene rings is 2. The van der Waals surface area contributed by atoms with E-state index in [0.29, 0.717) is 40.7 Å². The summed E-state index contributed by atoms with van der Waals surface area (Å²) in [5, 5.41) is 19.9. The van der Waals surface area contributed by atoms with Crippen molar-refractivity contribution in [3.63, 3.8) is 0 Å². The Labute approximate surface area is 201 Å². The number of phenolic OH excluding ortho intramolecular Hbond substituents is 1. The van der Waals surface area contributed by atoms with Crippen molar-refractivity contribution in [1.29, 1.82) is 0 Å². The minimum atomic E-state index is -0.195. The minimum absolute atomic E-state index is 0.00475. The molecular weight excluding hydrogens is 452 g/mol. The van der Waals surface area contributed by atoms with E-state index in [1.54, 1.807) is 29.1 Å². The molecular formula is C25H26N4O4S. The van der Waals surface area contributed by atoms with Crippen LogP contribution in [-0.2, 0) is 4.79 Å². The Morgan fingerprint density at radius 3 is 2.97 bits per heavy atom. The third-order valence-electron chi connectivity index (χ3n) is 4.86. The zero-order valence-corrected chi connectivity index (χ0v) is 19.9. The number of aromatic nitrogens is 1. The number of thiazole rings is 1. The predicted molar refractivity (Wildman–Crippen MR) is 134 cm³/mol. The van der Waals surface area contributed by atoms with E-state index in [-0.39, 0.29) is 18.3 Å². The zero-order chi connectivity index (χ0) is 24.1. The zero-order valence-electron chi connectivity index (χ0n) is 19.1. The van der Waals surface area contributed by atoms with Crippen LogP contribution in [0, 0.1) is 0 Å². The third-order valence-corrected chi connectivity index (χ3v) is 5.72. The van der Waals surface area contributed by atoms with Crippen molar-refractivity contribution in [1.82, 2.24) is 4.68 Å². The number of ether oxygens (including phenoxy) is 2. The molecule has 34 heavy (non-hydrogen) atoms. The maximum atomic E-state index is 11.7. The lowest BCUT2D eigenvalue weighted by atomic mass is 10.1. The molecule has 0 aliphatic carbocycles. The van der Waals surface area contributed by atoms with Crippen LogP contribution < -0.4 is 19.6 Å². The highest BCUT2D eigenvalue weighted by Gasteiger charge is 2.18. The first-order valence-corrected chi connectivity index (χ1v) is 11.7. The molecule has 0 saturated heterocycles. The lowest BCUT2D eigenvalue weighted by Gasteiger charge is -2.18. The fourth-order valence-electron chi connectivity index (χ4n) is 3.22. The maximum Gasteiger partial charge on any atom is 0.262 e. The van der Waals surface area contributed by atoms with Crippen LogP contribution in [0.1, 0.15) is 25.8 Å². The van der Waals surface area contributed by atoms with Crippen LogP contribution in [0.4, 0.5) is 5.69 Å². The van der Waals surface area contributed by atoms with Gasteiger partial charge in [0.1, 0.15) is 17.2 Å². The molecule has 3 aromatic rings. The number of hydrogen-bond acceptors (Lipinski definition) is 7. The van der Waals surface area contributed by atoms with Gasteiger partial charge in [-0.2, -0.15) is 5.10 Å². The number of nitrogens with zero attached hydrogens (tertiary/aromatic N) is 3. The van der Waals surface area contributed by atoms with Crippen LogP contribution in [0.5, 0.6) is 17.2 Å². The van der Waals surface area contributed by atoms with E-state index < -0.39 is 0 Å². The molecule has 1 aliphatic rings. The third kappa shape index (κ3) is 5.37. The van der Waals surface area contributed by atoms with Gasteiger partial charge in [0.25, 0.3) is 5.91 Å². The number of aromatic hydroxyl groups is 1. The van der Waals surface area contributed by atoms with Gasteiger partial charge in [0.15, 0.2) is 6.61 Å². The Balaban J connectivity index is 1.72. The van der Waals surface area contributed by atoms with Crippen molar-refractivity contribution in [2.24, 2.45) is 10.1 Å². The molecule has 9 heteroatoms. The van der Waals surface area contributed by atoms with Crippen molar-refractivity contribution in [2.45, 2.75) is 20.3 Å². The number of amides is 1. The van der Waals surface area contributed by atoms with Gasteiger partial charge in [0, 0.05) is 22.6 Å². The number of anilines is 1. The first-order valence-electron chi connectivity index (χ1n) is 10.9. The lowest BCUT2D eigenvalue weighted by molar-refractivity contribution is -0.118. The summed E-state index contributed by atoms with van der Waals surface area (Å²) < 4.78 is 12.8. The van der Waals surface area contributed by atoms with Gasteiger partial charge < -0.3 is 19.9 Å². The molecule has 2 N–H and O–H groups in total. The topological polar surface area (TPSA) is 97.4 Å². The van der Waals surface area contributed by atoms with Crippen LogP contribution in [-0.4, -0.2) is 41.7 Å². The van der Waals surface area contributed by atoms with Crippen molar-refractivity contribution in [3.05, 3.63) is 64.3 Å². The fraction of sp³-hybridized carbons (Fsp3) is 0.240. The van der Waals surface area contributed by atoms with Gasteiger partial charge >= 0.3 is 0 Å². The number of nitrogens with one attached hydrogen (secondary N) is 1. The molecule has 2 heterocycles. The van der Waals surface area contributed by atoms with Gasteiger partial charge in [-0.3, -0.25) is 9.79 Å². The predicted octanol–water partition coefficient (Wildman–Crippen LogP) is 4.40. The van der Waals surface area contributed by atoms with Crippen LogP contribution in [0.3, 0.4) is 0 Å². The first kappa shape index (κ1) is 23.3. The van der Waals surface area contributed by atoms with Crippen molar-refractivity contribution in [3.8, 4) is 28.5 Å². The Morgan fingerprint density at radius 2 is 2.21 bits per heavy atom. The second-order valence-corrected chi connectivity index (χ2v) is 8.69. The summed E-state index contributed by atoms with van der Waals surface area (Å²) in [6.45, 7) is 8.92. The molecule has 0 saturated carbocycles. The van der Waals surface area contributed by atoms with Gasteiger partial charge in [-0.1, -0.05) is 19.1 Å². The molecule has 8 nitrogen and oxygen atoms in total. The molecule has 0 atom stereocenters. The van der Waals surface area contributed by atoms with Gasteiger partial charge in [0.05, 0.1) is 30.7 Å². The lowest BCUT2D eigenvalue weighted by Crippen LogP contribution is -2.25. The Morgan fingerprint density at radius 1 is 1.35 bits per heavy atom. The number of carbonyl (C=O) groups is 1. The summed E-state index contributed by atoms with van der Waals surface area (Å²) in [5.41, 5.74) is 3.70. The van der Waals surface area contributed by atoms with E-state index >= 15 is 0 Å². The Kier molecular flexibility index (Phi) is 7.12. The fourth-order valence-corrected chi connectivity index (χ4v) is 4.06. The minimum Gasteiger partial charge on any atom is -0.507 e. The molecule has 0 unspecified atom stereocenters. The first-order chi connectivity index (χ1) is 16.4. The molecule has 0 bridgehead atoms. The second-order valence-electron chi connectivity index (χ2n) is 7.85. The number of fused-ring (bicyclic) bond motifs is 1. The highest BCUT2D eigenvalue weighted by atomic mass is 32.1. The molecule has 1 aromatic heterocycles. The van der Waals surface area contributed by atoms with Gasteiger partial charge in [-0.05, 0) is 43.7 Å². The van der Waals surface area contributed by atoms with Gasteiger partial charge in [-0.25, -0.2) is 4.68 Å². The quantitative estimate of drug-likeness (QED) is 0.370. The number of carbonyl (C=O) groups excluding carboxylic acids is 1. The summed E-state index contributed by atoms with van der Waals surface area (Å²) in [6, 6.07) is 10.7. The normalized spacial score (nSPS) is 13.5. The van der Waals surface area contributed by atoms with E-state index in [0.717, 1.165) is 23.3 Å². The standard InChI is InChI=1S/C25H26N4O4S/c1-4-9-32-19-7-5-18(22(30)11-19)13-27-29-21(15-34-25(29)26-12-16(2)3)17-6-8-23-20(10-17)28-24(31)14-33-23/h5-8,10-11,13,15,30H,2,4,9,12,14H2,1,3H3,(H,28,31). The van der Waals surface area contributed by atoms with Crippen molar-refractivity contribution >= 4 is 29.1 Å². The van der Waals surface area contributed by atoms with E-state index in [1.165, 1.54) is 11.3 Å². The monoisotopic (exact) mass is 478 g/mol. The molecule has 1 aliphatic heterocycles. The summed E-state index contributed by atoms with van der Waals surface area (Å²) in [5.74, 6) is 1.11. The molecule has 1 amide bonds. The Bertz CT molecular complexity index is 1320. The summed E-state index contributed by atoms with van der Waals surface area (Å²) in [7, 11) is 0. The van der Waals surface area contributed by atoms with Crippen LogP contribution in [0.2, 0.25) is 0 Å². The molecule has 2 aromatic carbocycles. The SMILES string of the molecule is C=C(C)CN=c1scc(-c2ccc3c(c2)NC(=O)CO3)n1N=Cc1ccc(OCCC)cc1O. The summed E-state index contributed by atoms with van der Waals surface area (Å²) in [4.78, 5) is 17.0. The smallest absolute Gasteiger partial charge is 0.262 e. The molecule has 0 fully saturated rings. The van der Waals surface area contributed by atoms with Crippen molar-refractivity contribution < 1.29 is 19.4 Å². The molecule has 0 radical (unpaired) electrons. The van der Waals surface area contributed by atoms with Crippen LogP contribution in [0.15, 0.2) is 64.0 Å². The second kappa shape index (κ2) is 10.4. The maximum absolute atomic E-state index is 11.7. The highest BCUT2D eigenvalue weighted by molar-refractivity contribution is 7.07. The average Bonchev–Trinajstić information content (AvgIpc) is 3.23.